The average molecular weight is 404 g/mol. The quantitative estimate of drug-likeness (QED) is 0.622. The van der Waals surface area contributed by atoms with Crippen LogP contribution in [0, 0.1) is 13.8 Å². The Balaban J connectivity index is 1.71. The molecule has 0 aliphatic rings. The Bertz CT molecular complexity index is 1020. The largest absolute Gasteiger partial charge is 0.462 e. The lowest BCUT2D eigenvalue weighted by Crippen LogP contribution is -2.09. The molecule has 146 valence electrons. The molecule has 3 rings (SSSR count). The number of benzene rings is 1. The lowest BCUT2D eigenvalue weighted by Gasteiger charge is -2.03. The van der Waals surface area contributed by atoms with Crippen LogP contribution in [0.4, 0.5) is 0 Å². The number of carbonyl (C=O) groups is 2. The molecule has 2 heterocycles. The van der Waals surface area contributed by atoms with Crippen molar-refractivity contribution in [2.45, 2.75) is 27.4 Å². The van der Waals surface area contributed by atoms with Crippen molar-refractivity contribution in [1.82, 2.24) is 15.1 Å². The van der Waals surface area contributed by atoms with E-state index in [-0.39, 0.29) is 24.8 Å². The number of rotatable bonds is 6. The first-order valence-corrected chi connectivity index (χ1v) is 8.91. The highest BCUT2D eigenvalue weighted by Crippen LogP contribution is 2.25. The summed E-state index contributed by atoms with van der Waals surface area (Å²) in [7, 11) is 0. The highest BCUT2D eigenvalue weighted by molar-refractivity contribution is 6.33. The second-order valence-corrected chi connectivity index (χ2v) is 6.32. The number of aryl methyl sites for hydroxylation is 1. The van der Waals surface area contributed by atoms with Crippen LogP contribution in [0.25, 0.3) is 11.4 Å². The molecular formula is C19H18ClN3O5. The second kappa shape index (κ2) is 8.26. The number of ether oxygens (including phenoxy) is 2. The van der Waals surface area contributed by atoms with Crippen LogP contribution in [-0.4, -0.2) is 33.7 Å². The van der Waals surface area contributed by atoms with Crippen LogP contribution < -0.4 is 0 Å². The SMILES string of the molecule is CCOC(=O)c1c(C)[nH]c(C(=O)OCc2nc(-c3ccccc3Cl)no2)c1C. The fraction of sp³-hybridized carbons (Fsp3) is 0.263. The van der Waals surface area contributed by atoms with Crippen molar-refractivity contribution in [3.63, 3.8) is 0 Å². The summed E-state index contributed by atoms with van der Waals surface area (Å²) < 4.78 is 15.4. The molecule has 0 radical (unpaired) electrons. The van der Waals surface area contributed by atoms with Crippen LogP contribution in [0.1, 0.15) is 44.9 Å². The van der Waals surface area contributed by atoms with Gasteiger partial charge in [0.15, 0.2) is 6.61 Å². The van der Waals surface area contributed by atoms with Gasteiger partial charge >= 0.3 is 11.9 Å². The number of esters is 2. The molecular weight excluding hydrogens is 386 g/mol. The molecule has 0 unspecified atom stereocenters. The molecule has 1 N–H and O–H groups in total. The molecule has 0 bridgehead atoms. The lowest BCUT2D eigenvalue weighted by atomic mass is 10.1. The zero-order valence-electron chi connectivity index (χ0n) is 15.5. The molecule has 1 aromatic carbocycles. The summed E-state index contributed by atoms with van der Waals surface area (Å²) in [6.07, 6.45) is 0. The molecule has 3 aromatic rings. The summed E-state index contributed by atoms with van der Waals surface area (Å²) in [5, 5.41) is 4.33. The van der Waals surface area contributed by atoms with Gasteiger partial charge in [-0.15, -0.1) is 0 Å². The summed E-state index contributed by atoms with van der Waals surface area (Å²) in [5.41, 5.74) is 2.10. The van der Waals surface area contributed by atoms with Crippen LogP contribution in [0.15, 0.2) is 28.8 Å². The van der Waals surface area contributed by atoms with Gasteiger partial charge in [0.05, 0.1) is 17.2 Å². The van der Waals surface area contributed by atoms with Gasteiger partial charge in [0, 0.05) is 11.3 Å². The van der Waals surface area contributed by atoms with Gasteiger partial charge in [-0.25, -0.2) is 9.59 Å². The topological polar surface area (TPSA) is 107 Å². The molecule has 0 saturated heterocycles. The first kappa shape index (κ1) is 19.6. The van der Waals surface area contributed by atoms with E-state index in [1.165, 1.54) is 0 Å². The standard InChI is InChI=1S/C19H18ClN3O5/c1-4-26-18(24)15-10(2)16(21-11(15)3)19(25)27-9-14-22-17(23-28-14)12-7-5-6-8-13(12)20/h5-8,21H,4,9H2,1-3H3. The van der Waals surface area contributed by atoms with Gasteiger partial charge in [-0.05, 0) is 38.5 Å². The molecule has 2 aromatic heterocycles. The summed E-state index contributed by atoms with van der Waals surface area (Å²) in [6, 6.07) is 7.06. The van der Waals surface area contributed by atoms with Crippen molar-refractivity contribution in [3.05, 3.63) is 57.7 Å². The number of H-pyrrole nitrogens is 1. The number of nitrogens with one attached hydrogen (secondary N) is 1. The Hall–Kier alpha value is -3.13. The number of aromatic amines is 1. The maximum atomic E-state index is 12.4. The van der Waals surface area contributed by atoms with E-state index in [0.29, 0.717) is 33.2 Å². The van der Waals surface area contributed by atoms with Crippen molar-refractivity contribution in [1.29, 1.82) is 0 Å². The number of halogens is 1. The van der Waals surface area contributed by atoms with Crippen LogP contribution in [-0.2, 0) is 16.1 Å². The van der Waals surface area contributed by atoms with Crippen LogP contribution in [0.2, 0.25) is 5.02 Å². The third-order valence-corrected chi connectivity index (χ3v) is 4.36. The highest BCUT2D eigenvalue weighted by atomic mass is 35.5. The molecule has 0 aliphatic heterocycles. The van der Waals surface area contributed by atoms with Crippen LogP contribution >= 0.6 is 11.6 Å². The minimum atomic E-state index is -0.645. The molecule has 0 fully saturated rings. The Kier molecular flexibility index (Phi) is 5.79. The zero-order valence-corrected chi connectivity index (χ0v) is 16.3. The number of hydrogen-bond donors (Lipinski definition) is 1. The van der Waals surface area contributed by atoms with E-state index in [9.17, 15) is 9.59 Å². The molecule has 0 atom stereocenters. The predicted octanol–water partition coefficient (Wildman–Crippen LogP) is 3.87. The fourth-order valence-corrected chi connectivity index (χ4v) is 2.95. The number of nitrogens with zero attached hydrogens (tertiary/aromatic N) is 2. The third-order valence-electron chi connectivity index (χ3n) is 4.03. The molecule has 0 amide bonds. The van der Waals surface area contributed by atoms with Gasteiger partial charge < -0.3 is 19.0 Å². The molecule has 0 aliphatic carbocycles. The van der Waals surface area contributed by atoms with Gasteiger partial charge in [-0.1, -0.05) is 28.9 Å². The normalized spacial score (nSPS) is 10.7. The van der Waals surface area contributed by atoms with E-state index in [4.69, 9.17) is 25.6 Å². The summed E-state index contributed by atoms with van der Waals surface area (Å²) in [5.74, 6) is -0.717. The summed E-state index contributed by atoms with van der Waals surface area (Å²) >= 11 is 6.11. The minimum Gasteiger partial charge on any atom is -0.462 e. The van der Waals surface area contributed by atoms with Crippen molar-refractivity contribution in [2.75, 3.05) is 6.61 Å². The summed E-state index contributed by atoms with van der Waals surface area (Å²) in [6.45, 7) is 5.07. The Morgan fingerprint density at radius 3 is 2.64 bits per heavy atom. The Labute approximate surface area is 165 Å². The van der Waals surface area contributed by atoms with Crippen LogP contribution in [0.3, 0.4) is 0 Å². The van der Waals surface area contributed by atoms with Crippen molar-refractivity contribution in [3.8, 4) is 11.4 Å². The molecule has 0 saturated carbocycles. The van der Waals surface area contributed by atoms with E-state index < -0.39 is 11.9 Å². The highest BCUT2D eigenvalue weighted by Gasteiger charge is 2.24. The first-order valence-electron chi connectivity index (χ1n) is 8.53. The Morgan fingerprint density at radius 2 is 1.93 bits per heavy atom. The van der Waals surface area contributed by atoms with Gasteiger partial charge in [-0.3, -0.25) is 0 Å². The van der Waals surface area contributed by atoms with Gasteiger partial charge in [-0.2, -0.15) is 4.98 Å². The van der Waals surface area contributed by atoms with Crippen molar-refractivity contribution >= 4 is 23.5 Å². The van der Waals surface area contributed by atoms with Crippen LogP contribution in [0.5, 0.6) is 0 Å². The molecule has 0 spiro atoms. The number of aromatic nitrogens is 3. The Morgan fingerprint density at radius 1 is 1.18 bits per heavy atom. The number of hydrogen-bond acceptors (Lipinski definition) is 7. The zero-order chi connectivity index (χ0) is 20.3. The maximum absolute atomic E-state index is 12.4. The first-order chi connectivity index (χ1) is 13.4. The van der Waals surface area contributed by atoms with E-state index in [2.05, 4.69) is 15.1 Å². The predicted molar refractivity (Wildman–Crippen MR) is 100 cm³/mol. The van der Waals surface area contributed by atoms with E-state index >= 15 is 0 Å². The monoisotopic (exact) mass is 403 g/mol. The molecule has 9 heteroatoms. The molecule has 28 heavy (non-hydrogen) atoms. The molecule has 8 nitrogen and oxygen atoms in total. The summed E-state index contributed by atoms with van der Waals surface area (Å²) in [4.78, 5) is 31.5. The van der Waals surface area contributed by atoms with E-state index in [0.717, 1.165) is 0 Å². The third kappa shape index (κ3) is 3.91. The van der Waals surface area contributed by atoms with Gasteiger partial charge in [0.1, 0.15) is 5.69 Å². The van der Waals surface area contributed by atoms with E-state index in [1.807, 2.05) is 0 Å². The van der Waals surface area contributed by atoms with Gasteiger partial charge in [0.25, 0.3) is 5.89 Å². The second-order valence-electron chi connectivity index (χ2n) is 5.91. The van der Waals surface area contributed by atoms with E-state index in [1.54, 1.807) is 45.0 Å². The minimum absolute atomic E-state index is 0.120. The smallest absolute Gasteiger partial charge is 0.355 e. The van der Waals surface area contributed by atoms with Crippen molar-refractivity contribution < 1.29 is 23.6 Å². The van der Waals surface area contributed by atoms with Crippen molar-refractivity contribution in [2.24, 2.45) is 0 Å². The lowest BCUT2D eigenvalue weighted by molar-refractivity contribution is 0.0422. The fourth-order valence-electron chi connectivity index (χ4n) is 2.73. The maximum Gasteiger partial charge on any atom is 0.355 e. The van der Waals surface area contributed by atoms with Gasteiger partial charge in [0.2, 0.25) is 5.82 Å². The average Bonchev–Trinajstić information content (AvgIpc) is 3.24. The number of carbonyl (C=O) groups excluding carboxylic acids is 2.